The fourth-order valence-electron chi connectivity index (χ4n) is 3.76. The molecule has 2 fully saturated rings. The van der Waals surface area contributed by atoms with Crippen molar-refractivity contribution in [3.63, 3.8) is 0 Å². The van der Waals surface area contributed by atoms with Crippen molar-refractivity contribution >= 4 is 5.78 Å². The van der Waals surface area contributed by atoms with Crippen molar-refractivity contribution in [3.8, 4) is 0 Å². The van der Waals surface area contributed by atoms with Crippen LogP contribution in [0.3, 0.4) is 0 Å². The van der Waals surface area contributed by atoms with E-state index in [1.54, 1.807) is 0 Å². The highest BCUT2D eigenvalue weighted by molar-refractivity contribution is 5.98. The second kappa shape index (κ2) is 5.24. The zero-order valence-corrected chi connectivity index (χ0v) is 11.6. The number of Topliss-reactive ketones (excluding diaryl/α,β-unsaturated/α-hetero) is 1. The molecule has 108 valence electrons. The fraction of sp³-hybridized carbons (Fsp3) is 0.562. The Morgan fingerprint density at radius 2 is 1.65 bits per heavy atom. The van der Waals surface area contributed by atoms with Crippen molar-refractivity contribution in [1.29, 1.82) is 0 Å². The maximum Gasteiger partial charge on any atom is 0.166 e. The van der Waals surface area contributed by atoms with E-state index < -0.39 is 11.6 Å². The molecule has 0 amide bonds. The van der Waals surface area contributed by atoms with E-state index >= 15 is 0 Å². The van der Waals surface area contributed by atoms with Gasteiger partial charge in [-0.3, -0.25) is 4.79 Å². The van der Waals surface area contributed by atoms with Crippen molar-refractivity contribution in [3.05, 3.63) is 35.4 Å². The molecule has 2 bridgehead atoms. The highest BCUT2D eigenvalue weighted by Gasteiger charge is 2.38. The zero-order valence-electron chi connectivity index (χ0n) is 11.6. The van der Waals surface area contributed by atoms with Crippen LogP contribution in [-0.4, -0.2) is 29.8 Å². The number of carbonyl (C=O) groups excluding carboxylic acids is 1. The summed E-state index contributed by atoms with van der Waals surface area (Å²) in [5.41, 5.74) is 0.176. The molecule has 20 heavy (non-hydrogen) atoms. The average molecular weight is 279 g/mol. The van der Waals surface area contributed by atoms with Crippen molar-refractivity contribution in [1.82, 2.24) is 4.90 Å². The number of nitrogens with zero attached hydrogens (tertiary/aromatic N) is 1. The maximum atomic E-state index is 13.2. The van der Waals surface area contributed by atoms with Gasteiger partial charge in [0.15, 0.2) is 5.78 Å². The topological polar surface area (TPSA) is 20.3 Å². The van der Waals surface area contributed by atoms with E-state index in [0.29, 0.717) is 12.1 Å². The maximum absolute atomic E-state index is 13.2. The third-order valence-electron chi connectivity index (χ3n) is 4.86. The highest BCUT2D eigenvalue weighted by Crippen LogP contribution is 2.37. The molecule has 2 aliphatic rings. The number of fused-ring (bicyclic) bond motifs is 2. The lowest BCUT2D eigenvalue weighted by Crippen LogP contribution is -2.51. The van der Waals surface area contributed by atoms with Gasteiger partial charge in [0.2, 0.25) is 0 Å². The molecule has 2 atom stereocenters. The molecule has 2 heterocycles. The van der Waals surface area contributed by atoms with Crippen LogP contribution in [0.5, 0.6) is 0 Å². The predicted molar refractivity (Wildman–Crippen MR) is 72.6 cm³/mol. The van der Waals surface area contributed by atoms with Crippen LogP contribution in [0.25, 0.3) is 0 Å². The van der Waals surface area contributed by atoms with Gasteiger partial charge in [0, 0.05) is 29.6 Å². The molecule has 1 aromatic rings. The molecule has 4 heteroatoms. The second-order valence-corrected chi connectivity index (χ2v) is 6.09. The standard InChI is InChI=1S/C16H19F2NO/c1-19-14-3-2-4-15(19)8-11(7-14)16(20)10-5-12(17)9-13(18)6-10/h5-6,9,11,14-15H,2-4,7-8H2,1H3. The van der Waals surface area contributed by atoms with Crippen LogP contribution in [-0.2, 0) is 0 Å². The van der Waals surface area contributed by atoms with E-state index in [1.165, 1.54) is 6.42 Å². The first-order chi connectivity index (χ1) is 9.54. The number of piperidine rings is 2. The molecular weight excluding hydrogens is 260 g/mol. The van der Waals surface area contributed by atoms with E-state index in [0.717, 1.165) is 43.9 Å². The monoisotopic (exact) mass is 279 g/mol. The van der Waals surface area contributed by atoms with Gasteiger partial charge in [-0.2, -0.15) is 0 Å². The van der Waals surface area contributed by atoms with Crippen LogP contribution < -0.4 is 0 Å². The van der Waals surface area contributed by atoms with Gasteiger partial charge >= 0.3 is 0 Å². The number of hydrogen-bond acceptors (Lipinski definition) is 2. The number of rotatable bonds is 2. The van der Waals surface area contributed by atoms with E-state index in [1.807, 2.05) is 0 Å². The lowest BCUT2D eigenvalue weighted by molar-refractivity contribution is 0.0338. The normalized spacial score (nSPS) is 30.2. The predicted octanol–water partition coefficient (Wildman–Crippen LogP) is 3.41. The minimum Gasteiger partial charge on any atom is -0.300 e. The summed E-state index contributed by atoms with van der Waals surface area (Å²) in [5, 5.41) is 0. The molecule has 2 unspecified atom stereocenters. The summed E-state index contributed by atoms with van der Waals surface area (Å²) in [5.74, 6) is -1.56. The number of hydrogen-bond donors (Lipinski definition) is 0. The number of benzene rings is 1. The molecule has 0 N–H and O–H groups in total. The average Bonchev–Trinajstić information content (AvgIpc) is 2.36. The third kappa shape index (κ3) is 2.49. The van der Waals surface area contributed by atoms with E-state index in [9.17, 15) is 13.6 Å². The minimum atomic E-state index is -0.679. The van der Waals surface area contributed by atoms with Crippen LogP contribution in [0.2, 0.25) is 0 Å². The summed E-state index contributed by atoms with van der Waals surface area (Å²) in [6.45, 7) is 0. The molecular formula is C16H19F2NO. The van der Waals surface area contributed by atoms with E-state index in [4.69, 9.17) is 0 Å². The van der Waals surface area contributed by atoms with Crippen molar-refractivity contribution < 1.29 is 13.6 Å². The number of halogens is 2. The Morgan fingerprint density at radius 3 is 2.20 bits per heavy atom. The lowest BCUT2D eigenvalue weighted by Gasteiger charge is -2.46. The summed E-state index contributed by atoms with van der Waals surface area (Å²) < 4.78 is 26.5. The van der Waals surface area contributed by atoms with Gasteiger partial charge in [-0.05, 0) is 44.9 Å². The van der Waals surface area contributed by atoms with Gasteiger partial charge in [-0.25, -0.2) is 8.78 Å². The Labute approximate surface area is 117 Å². The van der Waals surface area contributed by atoms with Crippen LogP contribution in [0, 0.1) is 17.6 Å². The lowest BCUT2D eigenvalue weighted by atomic mass is 9.76. The largest absolute Gasteiger partial charge is 0.300 e. The third-order valence-corrected chi connectivity index (χ3v) is 4.86. The molecule has 2 saturated heterocycles. The molecule has 2 aliphatic heterocycles. The minimum absolute atomic E-state index is 0.0947. The van der Waals surface area contributed by atoms with Crippen molar-refractivity contribution in [2.75, 3.05) is 7.05 Å². The Balaban J connectivity index is 1.81. The van der Waals surface area contributed by atoms with Gasteiger partial charge in [-0.1, -0.05) is 6.42 Å². The summed E-state index contributed by atoms with van der Waals surface area (Å²) in [6, 6.07) is 3.99. The molecule has 3 rings (SSSR count). The van der Waals surface area contributed by atoms with Crippen molar-refractivity contribution in [2.45, 2.75) is 44.2 Å². The zero-order chi connectivity index (χ0) is 14.3. The van der Waals surface area contributed by atoms with Gasteiger partial charge in [0.25, 0.3) is 0 Å². The first-order valence-electron chi connectivity index (χ1n) is 7.27. The van der Waals surface area contributed by atoms with Crippen LogP contribution in [0.1, 0.15) is 42.5 Å². The van der Waals surface area contributed by atoms with Gasteiger partial charge in [0.05, 0.1) is 0 Å². The molecule has 0 radical (unpaired) electrons. The Hall–Kier alpha value is -1.29. The number of ketones is 1. The molecule has 0 aromatic heterocycles. The fourth-order valence-corrected chi connectivity index (χ4v) is 3.76. The van der Waals surface area contributed by atoms with Gasteiger partial charge in [0.1, 0.15) is 11.6 Å². The van der Waals surface area contributed by atoms with Crippen molar-refractivity contribution in [2.24, 2.45) is 5.92 Å². The second-order valence-electron chi connectivity index (χ2n) is 6.09. The summed E-state index contributed by atoms with van der Waals surface area (Å²) >= 11 is 0. The smallest absolute Gasteiger partial charge is 0.166 e. The molecule has 1 aromatic carbocycles. The Bertz CT molecular complexity index is 497. The van der Waals surface area contributed by atoms with Crippen LogP contribution in [0.15, 0.2) is 18.2 Å². The summed E-state index contributed by atoms with van der Waals surface area (Å²) in [4.78, 5) is 14.9. The number of carbonyl (C=O) groups is 1. The SMILES string of the molecule is CN1C2CCCC1CC(C(=O)c1cc(F)cc(F)c1)C2. The van der Waals surface area contributed by atoms with Crippen LogP contribution >= 0.6 is 0 Å². The first-order valence-corrected chi connectivity index (χ1v) is 7.27. The van der Waals surface area contributed by atoms with E-state index in [2.05, 4.69) is 11.9 Å². The Kier molecular flexibility index (Phi) is 3.59. The summed E-state index contributed by atoms with van der Waals surface area (Å²) in [7, 11) is 2.12. The molecule has 0 saturated carbocycles. The highest BCUT2D eigenvalue weighted by atomic mass is 19.1. The first kappa shape index (κ1) is 13.7. The van der Waals surface area contributed by atoms with Gasteiger partial charge < -0.3 is 4.90 Å². The van der Waals surface area contributed by atoms with Gasteiger partial charge in [-0.15, -0.1) is 0 Å². The molecule has 0 aliphatic carbocycles. The quantitative estimate of drug-likeness (QED) is 0.773. The molecule has 0 spiro atoms. The molecule has 2 nitrogen and oxygen atoms in total. The van der Waals surface area contributed by atoms with Crippen LogP contribution in [0.4, 0.5) is 8.78 Å². The Morgan fingerprint density at radius 1 is 1.10 bits per heavy atom. The summed E-state index contributed by atoms with van der Waals surface area (Å²) in [6.07, 6.45) is 5.08. The van der Waals surface area contributed by atoms with E-state index in [-0.39, 0.29) is 17.3 Å².